The monoisotopic (exact) mass is 332 g/mol. The third-order valence-corrected chi connectivity index (χ3v) is 4.52. The zero-order valence-corrected chi connectivity index (χ0v) is 14.0. The predicted octanol–water partition coefficient (Wildman–Crippen LogP) is 0.414. The maximum Gasteiger partial charge on any atom is 0.249 e. The van der Waals surface area contributed by atoms with E-state index in [9.17, 15) is 9.59 Å². The van der Waals surface area contributed by atoms with Gasteiger partial charge in [0.1, 0.15) is 18.0 Å². The van der Waals surface area contributed by atoms with Crippen molar-refractivity contribution >= 4 is 17.6 Å². The molecule has 0 spiro atoms. The number of hydrogen-bond acceptors (Lipinski definition) is 5. The Balaban J connectivity index is 1.48. The van der Waals surface area contributed by atoms with Gasteiger partial charge in [-0.1, -0.05) is 6.07 Å². The highest BCUT2D eigenvalue weighted by atomic mass is 16.5. The van der Waals surface area contributed by atoms with E-state index in [1.54, 1.807) is 18.0 Å². The number of ether oxygens (including phenoxy) is 1. The number of nitrogens with zero attached hydrogens (tertiary/aromatic N) is 3. The molecule has 7 heteroatoms. The maximum absolute atomic E-state index is 12.5. The fourth-order valence-corrected chi connectivity index (χ4v) is 3.12. The largest absolute Gasteiger partial charge is 0.368 e. The fourth-order valence-electron chi connectivity index (χ4n) is 3.12. The van der Waals surface area contributed by atoms with Crippen LogP contribution in [-0.4, -0.2) is 66.6 Å². The van der Waals surface area contributed by atoms with Crippen LogP contribution in [0, 0.1) is 0 Å². The lowest BCUT2D eigenvalue weighted by Gasteiger charge is -2.36. The molecule has 1 aromatic heterocycles. The van der Waals surface area contributed by atoms with Crippen molar-refractivity contribution in [2.45, 2.75) is 31.9 Å². The van der Waals surface area contributed by atoms with E-state index in [2.05, 4.69) is 15.2 Å². The molecule has 2 aliphatic heterocycles. The Bertz CT molecular complexity index is 566. The lowest BCUT2D eigenvalue weighted by Crippen LogP contribution is -2.55. The van der Waals surface area contributed by atoms with Crippen molar-refractivity contribution < 1.29 is 14.3 Å². The Morgan fingerprint density at radius 1 is 1.29 bits per heavy atom. The molecule has 2 amide bonds. The summed E-state index contributed by atoms with van der Waals surface area (Å²) in [6.07, 6.45) is 3.00. The van der Waals surface area contributed by atoms with Crippen LogP contribution in [0.15, 0.2) is 24.4 Å². The molecule has 0 aliphatic carbocycles. The minimum atomic E-state index is -0.525. The normalized spacial score (nSPS) is 22.3. The van der Waals surface area contributed by atoms with E-state index in [1.165, 1.54) is 0 Å². The lowest BCUT2D eigenvalue weighted by atomic mass is 10.2. The SMILES string of the molecule is C[C@H](NC(=O)[C@H]1CCCO1)C(=O)N1CCN(c2ccccn2)CC1. The minimum absolute atomic E-state index is 0.0398. The van der Waals surface area contributed by atoms with Crippen LogP contribution in [0.5, 0.6) is 0 Å². The van der Waals surface area contributed by atoms with Crippen LogP contribution in [0.3, 0.4) is 0 Å². The van der Waals surface area contributed by atoms with Crippen molar-refractivity contribution in [1.29, 1.82) is 0 Å². The third kappa shape index (κ3) is 3.84. The Labute approximate surface area is 142 Å². The van der Waals surface area contributed by atoms with Crippen molar-refractivity contribution in [3.63, 3.8) is 0 Å². The highest BCUT2D eigenvalue weighted by Gasteiger charge is 2.29. The van der Waals surface area contributed by atoms with Crippen molar-refractivity contribution in [3.8, 4) is 0 Å². The predicted molar refractivity (Wildman–Crippen MR) is 89.6 cm³/mol. The number of piperazine rings is 1. The second kappa shape index (κ2) is 7.61. The van der Waals surface area contributed by atoms with E-state index in [0.29, 0.717) is 19.7 Å². The molecule has 2 fully saturated rings. The summed E-state index contributed by atoms with van der Waals surface area (Å²) < 4.78 is 5.35. The molecule has 1 aromatic rings. The summed E-state index contributed by atoms with van der Waals surface area (Å²) in [6.45, 7) is 5.12. The number of carbonyl (C=O) groups excluding carboxylic acids is 2. The van der Waals surface area contributed by atoms with Crippen LogP contribution in [0.2, 0.25) is 0 Å². The van der Waals surface area contributed by atoms with E-state index in [-0.39, 0.29) is 11.8 Å². The van der Waals surface area contributed by atoms with E-state index in [1.807, 2.05) is 18.2 Å². The number of rotatable bonds is 4. The van der Waals surface area contributed by atoms with Crippen molar-refractivity contribution in [3.05, 3.63) is 24.4 Å². The number of nitrogens with one attached hydrogen (secondary N) is 1. The summed E-state index contributed by atoms with van der Waals surface area (Å²) in [6, 6.07) is 5.30. The summed E-state index contributed by atoms with van der Waals surface area (Å²) >= 11 is 0. The Kier molecular flexibility index (Phi) is 5.30. The highest BCUT2D eigenvalue weighted by Crippen LogP contribution is 2.14. The lowest BCUT2D eigenvalue weighted by molar-refractivity contribution is -0.139. The average Bonchev–Trinajstić information content (AvgIpc) is 3.17. The molecule has 3 heterocycles. The van der Waals surface area contributed by atoms with Gasteiger partial charge in [0.25, 0.3) is 0 Å². The number of amides is 2. The van der Waals surface area contributed by atoms with Crippen LogP contribution in [-0.2, 0) is 14.3 Å². The number of carbonyl (C=O) groups is 2. The van der Waals surface area contributed by atoms with Crippen LogP contribution in [0.25, 0.3) is 0 Å². The van der Waals surface area contributed by atoms with Gasteiger partial charge in [0.05, 0.1) is 0 Å². The molecule has 0 radical (unpaired) electrons. The van der Waals surface area contributed by atoms with Crippen LogP contribution < -0.4 is 10.2 Å². The first-order valence-corrected chi connectivity index (χ1v) is 8.52. The molecule has 0 bridgehead atoms. The molecule has 2 aliphatic rings. The molecule has 2 saturated heterocycles. The second-order valence-electron chi connectivity index (χ2n) is 6.23. The number of anilines is 1. The zero-order chi connectivity index (χ0) is 16.9. The molecule has 130 valence electrons. The topological polar surface area (TPSA) is 74.8 Å². The maximum atomic E-state index is 12.5. The smallest absolute Gasteiger partial charge is 0.249 e. The van der Waals surface area contributed by atoms with Gasteiger partial charge in [0.15, 0.2) is 0 Å². The molecule has 0 saturated carbocycles. The highest BCUT2D eigenvalue weighted by molar-refractivity contribution is 5.89. The second-order valence-corrected chi connectivity index (χ2v) is 6.23. The first-order chi connectivity index (χ1) is 11.6. The molecule has 0 unspecified atom stereocenters. The van der Waals surface area contributed by atoms with Crippen molar-refractivity contribution in [2.24, 2.45) is 0 Å². The number of aromatic nitrogens is 1. The van der Waals surface area contributed by atoms with Gasteiger partial charge in [0, 0.05) is 39.0 Å². The summed E-state index contributed by atoms with van der Waals surface area (Å²) in [4.78, 5) is 32.9. The Hall–Kier alpha value is -2.15. The molecule has 7 nitrogen and oxygen atoms in total. The minimum Gasteiger partial charge on any atom is -0.368 e. The first-order valence-electron chi connectivity index (χ1n) is 8.52. The number of hydrogen-bond donors (Lipinski definition) is 1. The van der Waals surface area contributed by atoms with Gasteiger partial charge in [-0.05, 0) is 31.9 Å². The van der Waals surface area contributed by atoms with E-state index >= 15 is 0 Å². The van der Waals surface area contributed by atoms with E-state index < -0.39 is 12.1 Å². The summed E-state index contributed by atoms with van der Waals surface area (Å²) in [7, 11) is 0. The first kappa shape index (κ1) is 16.7. The quantitative estimate of drug-likeness (QED) is 0.865. The van der Waals surface area contributed by atoms with Gasteiger partial charge >= 0.3 is 0 Å². The van der Waals surface area contributed by atoms with Crippen LogP contribution in [0.4, 0.5) is 5.82 Å². The van der Waals surface area contributed by atoms with Crippen molar-refractivity contribution in [2.75, 3.05) is 37.7 Å². The van der Waals surface area contributed by atoms with Gasteiger partial charge in [-0.3, -0.25) is 9.59 Å². The van der Waals surface area contributed by atoms with Gasteiger partial charge < -0.3 is 19.9 Å². The molecule has 1 N–H and O–H groups in total. The van der Waals surface area contributed by atoms with Gasteiger partial charge in [0.2, 0.25) is 11.8 Å². The van der Waals surface area contributed by atoms with Gasteiger partial charge in [-0.25, -0.2) is 4.98 Å². The van der Waals surface area contributed by atoms with Crippen LogP contribution >= 0.6 is 0 Å². The summed E-state index contributed by atoms with van der Waals surface area (Å²) in [5, 5.41) is 2.78. The van der Waals surface area contributed by atoms with Gasteiger partial charge in [-0.2, -0.15) is 0 Å². The van der Waals surface area contributed by atoms with Gasteiger partial charge in [-0.15, -0.1) is 0 Å². The summed E-state index contributed by atoms with van der Waals surface area (Å²) in [5.74, 6) is 0.715. The molecular weight excluding hydrogens is 308 g/mol. The molecular formula is C17H24N4O3. The van der Waals surface area contributed by atoms with E-state index in [4.69, 9.17) is 4.74 Å². The fraction of sp³-hybridized carbons (Fsp3) is 0.588. The standard InChI is InChI=1S/C17H24N4O3/c1-13(19-16(22)14-5-4-12-24-14)17(23)21-10-8-20(9-11-21)15-6-2-3-7-18-15/h2-3,6-7,13-14H,4-5,8-12H2,1H3,(H,19,22)/t13-,14+/m0/s1. The average molecular weight is 332 g/mol. The summed E-state index contributed by atoms with van der Waals surface area (Å²) in [5.41, 5.74) is 0. The molecule has 24 heavy (non-hydrogen) atoms. The van der Waals surface area contributed by atoms with E-state index in [0.717, 1.165) is 31.7 Å². The zero-order valence-electron chi connectivity index (χ0n) is 14.0. The third-order valence-electron chi connectivity index (χ3n) is 4.52. The molecule has 0 aromatic carbocycles. The molecule has 3 rings (SSSR count). The Morgan fingerprint density at radius 2 is 2.08 bits per heavy atom. The Morgan fingerprint density at radius 3 is 2.71 bits per heavy atom. The number of pyridine rings is 1. The van der Waals surface area contributed by atoms with Crippen LogP contribution in [0.1, 0.15) is 19.8 Å². The van der Waals surface area contributed by atoms with Crippen molar-refractivity contribution in [1.82, 2.24) is 15.2 Å². The molecule has 2 atom stereocenters.